The Balaban J connectivity index is 1.28. The molecule has 8 nitrogen and oxygen atoms in total. The number of nitrogens with one attached hydrogen (secondary N) is 1. The molecule has 0 atom stereocenters. The zero-order valence-electron chi connectivity index (χ0n) is 18.1. The van der Waals surface area contributed by atoms with E-state index >= 15 is 0 Å². The largest absolute Gasteiger partial charge is 0.311 e. The van der Waals surface area contributed by atoms with Gasteiger partial charge in [-0.3, -0.25) is 9.89 Å². The van der Waals surface area contributed by atoms with Gasteiger partial charge in [0.2, 0.25) is 21.1 Å². The van der Waals surface area contributed by atoms with Crippen molar-refractivity contribution in [3.8, 4) is 11.4 Å². The van der Waals surface area contributed by atoms with Crippen molar-refractivity contribution < 1.29 is 13.2 Å². The topological polar surface area (TPSA) is 99.3 Å². The van der Waals surface area contributed by atoms with E-state index in [9.17, 15) is 13.2 Å². The van der Waals surface area contributed by atoms with Crippen LogP contribution in [0.5, 0.6) is 0 Å². The van der Waals surface area contributed by atoms with Gasteiger partial charge in [0.15, 0.2) is 5.82 Å². The second kappa shape index (κ2) is 9.28. The Bertz CT molecular complexity index is 1250. The number of sulfonamides is 1. The summed E-state index contributed by atoms with van der Waals surface area (Å²) in [5.41, 5.74) is 2.64. The number of fused-ring (bicyclic) bond motifs is 1. The molecule has 0 saturated carbocycles. The molecule has 33 heavy (non-hydrogen) atoms. The molecule has 2 aromatic carbocycles. The minimum absolute atomic E-state index is 0.0397. The van der Waals surface area contributed by atoms with Crippen molar-refractivity contribution in [2.75, 3.05) is 30.3 Å². The molecule has 5 rings (SSSR count). The van der Waals surface area contributed by atoms with Gasteiger partial charge in [0.25, 0.3) is 0 Å². The van der Waals surface area contributed by atoms with Gasteiger partial charge in [-0.2, -0.15) is 4.31 Å². The Morgan fingerprint density at radius 1 is 1.03 bits per heavy atom. The SMILES string of the molecule is O=C(CSc1n[nH]c(-c2ccccc2)n1)N1CCCc2cc(S(=O)(=O)N3CCCC3)ccc21. The van der Waals surface area contributed by atoms with E-state index in [-0.39, 0.29) is 11.7 Å². The van der Waals surface area contributed by atoms with Crippen molar-refractivity contribution >= 4 is 33.4 Å². The fraction of sp³-hybridized carbons (Fsp3) is 0.348. The molecule has 0 bridgehead atoms. The minimum Gasteiger partial charge on any atom is -0.311 e. The quantitative estimate of drug-likeness (QED) is 0.540. The standard InChI is InChI=1S/C23H25N5O3S2/c29-21(16-32-23-24-22(25-26-23)17-7-2-1-3-8-17)28-14-6-9-18-15-19(10-11-20(18)28)33(30,31)27-12-4-5-13-27/h1-3,7-8,10-11,15H,4-6,9,12-14,16H2,(H,24,25,26). The minimum atomic E-state index is -3.47. The number of anilines is 1. The number of nitrogens with zero attached hydrogens (tertiary/aromatic N) is 4. The molecule has 0 aliphatic carbocycles. The number of aromatic amines is 1. The third-order valence-electron chi connectivity index (χ3n) is 6.01. The van der Waals surface area contributed by atoms with Crippen molar-refractivity contribution in [1.82, 2.24) is 19.5 Å². The molecule has 2 aliphatic rings. The first-order valence-electron chi connectivity index (χ1n) is 11.1. The van der Waals surface area contributed by atoms with E-state index in [1.165, 1.54) is 11.8 Å². The predicted molar refractivity (Wildman–Crippen MR) is 128 cm³/mol. The molecule has 0 unspecified atom stereocenters. The number of amides is 1. The van der Waals surface area contributed by atoms with Gasteiger partial charge in [0.05, 0.1) is 10.6 Å². The highest BCUT2D eigenvalue weighted by atomic mass is 32.2. The highest BCUT2D eigenvalue weighted by Gasteiger charge is 2.29. The number of thioether (sulfide) groups is 1. The summed E-state index contributed by atoms with van der Waals surface area (Å²) in [7, 11) is -3.47. The third kappa shape index (κ3) is 4.55. The van der Waals surface area contributed by atoms with Crippen molar-refractivity contribution in [2.45, 2.75) is 35.7 Å². The first-order chi connectivity index (χ1) is 16.0. The number of hydrogen-bond donors (Lipinski definition) is 1. The van der Waals surface area contributed by atoms with Crippen LogP contribution < -0.4 is 4.90 Å². The number of hydrogen-bond acceptors (Lipinski definition) is 6. The van der Waals surface area contributed by atoms with Crippen LogP contribution in [0.15, 0.2) is 58.6 Å². The van der Waals surface area contributed by atoms with Crippen molar-refractivity contribution in [2.24, 2.45) is 0 Å². The Morgan fingerprint density at radius 3 is 2.61 bits per heavy atom. The first-order valence-corrected chi connectivity index (χ1v) is 13.5. The molecule has 0 spiro atoms. The van der Waals surface area contributed by atoms with Crippen LogP contribution in [0.4, 0.5) is 5.69 Å². The Hall–Kier alpha value is -2.69. The Labute approximate surface area is 197 Å². The molecule has 3 aromatic rings. The van der Waals surface area contributed by atoms with Crippen LogP contribution in [-0.2, 0) is 21.2 Å². The zero-order valence-corrected chi connectivity index (χ0v) is 19.7. The van der Waals surface area contributed by atoms with Gasteiger partial charge in [-0.25, -0.2) is 13.4 Å². The number of carbonyl (C=O) groups excluding carboxylic acids is 1. The van der Waals surface area contributed by atoms with E-state index < -0.39 is 10.0 Å². The summed E-state index contributed by atoms with van der Waals surface area (Å²) in [6, 6.07) is 14.9. The molecule has 1 aromatic heterocycles. The number of aromatic nitrogens is 3. The van der Waals surface area contributed by atoms with Crippen LogP contribution in [0.3, 0.4) is 0 Å². The van der Waals surface area contributed by atoms with Crippen LogP contribution >= 0.6 is 11.8 Å². The second-order valence-corrected chi connectivity index (χ2v) is 11.1. The van der Waals surface area contributed by atoms with Crippen molar-refractivity contribution in [3.63, 3.8) is 0 Å². The number of rotatable bonds is 6. The molecule has 0 radical (unpaired) electrons. The van der Waals surface area contributed by atoms with E-state index in [0.717, 1.165) is 42.5 Å². The van der Waals surface area contributed by atoms with E-state index in [0.29, 0.717) is 35.5 Å². The number of aryl methyl sites for hydroxylation is 1. The van der Waals surface area contributed by atoms with Gasteiger partial charge >= 0.3 is 0 Å². The molecule has 1 fully saturated rings. The lowest BCUT2D eigenvalue weighted by molar-refractivity contribution is -0.116. The fourth-order valence-electron chi connectivity index (χ4n) is 4.31. The maximum Gasteiger partial charge on any atom is 0.243 e. The summed E-state index contributed by atoms with van der Waals surface area (Å²) in [4.78, 5) is 19.6. The highest BCUT2D eigenvalue weighted by Crippen LogP contribution is 2.32. The van der Waals surface area contributed by atoms with E-state index in [4.69, 9.17) is 0 Å². The number of H-pyrrole nitrogens is 1. The molecule has 172 valence electrons. The molecule has 10 heteroatoms. The van der Waals surface area contributed by atoms with Crippen LogP contribution in [0, 0.1) is 0 Å². The van der Waals surface area contributed by atoms with Crippen molar-refractivity contribution in [3.05, 3.63) is 54.1 Å². The Morgan fingerprint density at radius 2 is 1.82 bits per heavy atom. The maximum absolute atomic E-state index is 13.0. The van der Waals surface area contributed by atoms with E-state index in [1.807, 2.05) is 30.3 Å². The lowest BCUT2D eigenvalue weighted by Crippen LogP contribution is -2.37. The third-order valence-corrected chi connectivity index (χ3v) is 8.74. The van der Waals surface area contributed by atoms with Crippen LogP contribution in [0.2, 0.25) is 0 Å². The summed E-state index contributed by atoms with van der Waals surface area (Å²) in [5, 5.41) is 7.65. The van der Waals surface area contributed by atoms with E-state index in [1.54, 1.807) is 27.4 Å². The lowest BCUT2D eigenvalue weighted by Gasteiger charge is -2.30. The Kier molecular flexibility index (Phi) is 6.22. The summed E-state index contributed by atoms with van der Waals surface area (Å²) in [5.74, 6) is 0.835. The molecule has 1 saturated heterocycles. The van der Waals surface area contributed by atoms with Gasteiger partial charge in [0.1, 0.15) is 0 Å². The number of benzene rings is 2. The normalized spacial score (nSPS) is 16.7. The monoisotopic (exact) mass is 483 g/mol. The first kappa shape index (κ1) is 22.1. The highest BCUT2D eigenvalue weighted by molar-refractivity contribution is 7.99. The average Bonchev–Trinajstić information content (AvgIpc) is 3.55. The summed E-state index contributed by atoms with van der Waals surface area (Å²) >= 11 is 1.29. The fourth-order valence-corrected chi connectivity index (χ4v) is 6.55. The molecule has 1 N–H and O–H groups in total. The van der Waals surface area contributed by atoms with Gasteiger partial charge in [0, 0.05) is 30.9 Å². The molecule has 2 aliphatic heterocycles. The molecule has 1 amide bonds. The van der Waals surface area contributed by atoms with Gasteiger partial charge < -0.3 is 4.90 Å². The predicted octanol–water partition coefficient (Wildman–Crippen LogP) is 3.33. The zero-order chi connectivity index (χ0) is 22.8. The lowest BCUT2D eigenvalue weighted by atomic mass is 10.0. The molecular formula is C23H25N5O3S2. The van der Waals surface area contributed by atoms with Crippen LogP contribution in [-0.4, -0.2) is 59.2 Å². The summed E-state index contributed by atoms with van der Waals surface area (Å²) < 4.78 is 27.4. The van der Waals surface area contributed by atoms with Gasteiger partial charge in [-0.15, -0.1) is 5.10 Å². The number of carbonyl (C=O) groups is 1. The van der Waals surface area contributed by atoms with Crippen molar-refractivity contribution in [1.29, 1.82) is 0 Å². The molecule has 3 heterocycles. The second-order valence-electron chi connectivity index (χ2n) is 8.17. The van der Waals surface area contributed by atoms with E-state index in [2.05, 4.69) is 15.2 Å². The maximum atomic E-state index is 13.0. The van der Waals surface area contributed by atoms with Crippen LogP contribution in [0.1, 0.15) is 24.8 Å². The average molecular weight is 484 g/mol. The smallest absolute Gasteiger partial charge is 0.243 e. The summed E-state index contributed by atoms with van der Waals surface area (Å²) in [6.07, 6.45) is 3.37. The van der Waals surface area contributed by atoms with Gasteiger partial charge in [-0.1, -0.05) is 42.1 Å². The van der Waals surface area contributed by atoms with Crippen LogP contribution in [0.25, 0.3) is 11.4 Å². The summed E-state index contributed by atoms with van der Waals surface area (Å²) in [6.45, 7) is 1.77. The van der Waals surface area contributed by atoms with Gasteiger partial charge in [-0.05, 0) is 49.4 Å². The molecular weight excluding hydrogens is 458 g/mol.